The Morgan fingerprint density at radius 3 is 1.38 bits per heavy atom. The molecule has 0 saturated heterocycles. The molecule has 0 saturated carbocycles. The van der Waals surface area contributed by atoms with Crippen molar-refractivity contribution >= 4 is 72.8 Å². The standard InChI is InChI=1S/C16H10O12S4.4Na.H2O/c17-29(18,19)10-6-8-3-1-2-7-4-5-9-12(11(7)8)13(10)15(31(23,24)25)16(32(26,27)28)14(9)30(20,21)22;;;;;/h1-6H,(H,17,18,19)(H,20,21,22)(H,23,24,25)(H,26,27,28);;;;;1H2/q;4*+1;/p-4. The molecule has 4 aromatic rings. The summed E-state index contributed by atoms with van der Waals surface area (Å²) in [5.74, 6) is 0. The Balaban J connectivity index is 0. The van der Waals surface area contributed by atoms with Gasteiger partial charge in [0.15, 0.2) is 0 Å². The fourth-order valence-electron chi connectivity index (χ4n) is 3.79. The largest absolute Gasteiger partial charge is 1.00 e. The fourth-order valence-corrected chi connectivity index (χ4v) is 8.09. The summed E-state index contributed by atoms with van der Waals surface area (Å²) in [5.41, 5.74) is 0. The van der Waals surface area contributed by atoms with Crippen LogP contribution in [-0.4, -0.2) is 57.4 Å². The van der Waals surface area contributed by atoms with Crippen molar-refractivity contribution in [1.82, 2.24) is 0 Å². The van der Waals surface area contributed by atoms with E-state index in [1.807, 2.05) is 0 Å². The second-order valence-corrected chi connectivity index (χ2v) is 11.9. The molecular formula is C16H8Na4O13S4. The van der Waals surface area contributed by atoms with Crippen molar-refractivity contribution < 1.29 is 176 Å². The maximum absolute atomic E-state index is 12.1. The summed E-state index contributed by atoms with van der Waals surface area (Å²) >= 11 is 0. The third-order valence-electron chi connectivity index (χ3n) is 4.76. The van der Waals surface area contributed by atoms with Gasteiger partial charge in [0.2, 0.25) is 0 Å². The molecule has 178 valence electrons. The topological polar surface area (TPSA) is 260 Å². The summed E-state index contributed by atoms with van der Waals surface area (Å²) in [6.07, 6.45) is 0. The zero-order chi connectivity index (χ0) is 24.0. The Morgan fingerprint density at radius 1 is 0.486 bits per heavy atom. The van der Waals surface area contributed by atoms with E-state index in [2.05, 4.69) is 0 Å². The van der Waals surface area contributed by atoms with Crippen LogP contribution in [0, 0.1) is 0 Å². The SMILES string of the molecule is O.O=S(=O)([O-])c1c(S(=O)(=O)[O-])c2ccc3cccc4cc(S(=O)(=O)[O-])c(c1S(=O)(=O)[O-])c2c34.[Na+].[Na+].[Na+].[Na+]. The zero-order valence-corrected chi connectivity index (χ0v) is 30.8. The van der Waals surface area contributed by atoms with Gasteiger partial charge in [0.1, 0.15) is 40.5 Å². The minimum Gasteiger partial charge on any atom is -0.744 e. The summed E-state index contributed by atoms with van der Waals surface area (Å²) in [5, 5.41) is -2.65. The maximum atomic E-state index is 12.1. The van der Waals surface area contributed by atoms with Gasteiger partial charge in [0, 0.05) is 16.2 Å². The van der Waals surface area contributed by atoms with E-state index >= 15 is 0 Å². The monoisotopic (exact) mass is 628 g/mol. The molecule has 4 aromatic carbocycles. The van der Waals surface area contributed by atoms with Gasteiger partial charge < -0.3 is 23.7 Å². The van der Waals surface area contributed by atoms with Crippen LogP contribution < -0.4 is 118 Å². The quantitative estimate of drug-likeness (QED) is 0.116. The zero-order valence-electron chi connectivity index (χ0n) is 19.5. The molecular weight excluding hydrogens is 620 g/mol. The van der Waals surface area contributed by atoms with Crippen LogP contribution in [0.1, 0.15) is 0 Å². The minimum absolute atomic E-state index is 0. The first-order valence-electron chi connectivity index (χ1n) is 8.05. The van der Waals surface area contributed by atoms with Gasteiger partial charge in [0.25, 0.3) is 0 Å². The summed E-state index contributed by atoms with van der Waals surface area (Å²) < 4.78 is 144. The van der Waals surface area contributed by atoms with E-state index in [1.54, 1.807) is 0 Å². The second-order valence-electron chi connectivity index (χ2n) is 6.62. The molecule has 0 spiro atoms. The van der Waals surface area contributed by atoms with Crippen LogP contribution in [0.3, 0.4) is 0 Å². The molecule has 0 aliphatic carbocycles. The van der Waals surface area contributed by atoms with Crippen LogP contribution in [-0.2, 0) is 40.5 Å². The minimum atomic E-state index is -6.19. The van der Waals surface area contributed by atoms with Crippen LogP contribution >= 0.6 is 0 Å². The molecule has 0 amide bonds. The molecule has 0 bridgehead atoms. The van der Waals surface area contributed by atoms with E-state index in [0.717, 1.165) is 6.07 Å². The Kier molecular flexibility index (Phi) is 14.5. The van der Waals surface area contributed by atoms with Crippen molar-refractivity contribution in [3.8, 4) is 0 Å². The molecule has 0 unspecified atom stereocenters. The van der Waals surface area contributed by atoms with Gasteiger partial charge in [-0.25, -0.2) is 33.7 Å². The number of hydrogen-bond donors (Lipinski definition) is 0. The fraction of sp³-hybridized carbons (Fsp3) is 0. The smallest absolute Gasteiger partial charge is 0.744 e. The van der Waals surface area contributed by atoms with Gasteiger partial charge in [0.05, 0.1) is 19.6 Å². The van der Waals surface area contributed by atoms with Gasteiger partial charge in [-0.3, -0.25) is 0 Å². The van der Waals surface area contributed by atoms with Crippen molar-refractivity contribution in [2.24, 2.45) is 0 Å². The number of benzene rings is 4. The predicted molar refractivity (Wildman–Crippen MR) is 106 cm³/mol. The summed E-state index contributed by atoms with van der Waals surface area (Å²) in [6.45, 7) is 0. The van der Waals surface area contributed by atoms with Gasteiger partial charge in [-0.2, -0.15) is 0 Å². The van der Waals surface area contributed by atoms with Crippen LogP contribution in [0.15, 0.2) is 56.0 Å². The molecule has 0 radical (unpaired) electrons. The second kappa shape index (κ2) is 13.2. The van der Waals surface area contributed by atoms with Crippen LogP contribution in [0.4, 0.5) is 0 Å². The summed E-state index contributed by atoms with van der Waals surface area (Å²) in [6, 6.07) is 6.79. The third kappa shape index (κ3) is 7.30. The Hall–Kier alpha value is 1.52. The number of rotatable bonds is 4. The summed E-state index contributed by atoms with van der Waals surface area (Å²) in [4.78, 5) is -7.55. The van der Waals surface area contributed by atoms with E-state index in [-0.39, 0.29) is 140 Å². The molecule has 4 rings (SSSR count). The van der Waals surface area contributed by atoms with Crippen molar-refractivity contribution in [3.05, 3.63) is 36.4 Å². The van der Waals surface area contributed by atoms with E-state index in [9.17, 15) is 51.9 Å². The van der Waals surface area contributed by atoms with Crippen molar-refractivity contribution in [2.75, 3.05) is 0 Å². The first-order valence-corrected chi connectivity index (χ1v) is 13.7. The van der Waals surface area contributed by atoms with Crippen LogP contribution in [0.5, 0.6) is 0 Å². The Morgan fingerprint density at radius 2 is 0.946 bits per heavy atom. The average Bonchev–Trinajstić information content (AvgIpc) is 2.61. The van der Waals surface area contributed by atoms with Gasteiger partial charge in [-0.1, -0.05) is 30.3 Å². The first-order chi connectivity index (χ1) is 14.4. The van der Waals surface area contributed by atoms with Gasteiger partial charge in [-0.15, -0.1) is 0 Å². The van der Waals surface area contributed by atoms with Crippen molar-refractivity contribution in [1.29, 1.82) is 0 Å². The van der Waals surface area contributed by atoms with Crippen molar-refractivity contribution in [2.45, 2.75) is 19.6 Å². The maximum Gasteiger partial charge on any atom is 1.00 e. The first kappa shape index (κ1) is 40.7. The molecule has 0 atom stereocenters. The molecule has 0 aliphatic heterocycles. The van der Waals surface area contributed by atoms with E-state index in [0.29, 0.717) is 6.07 Å². The average molecular weight is 628 g/mol. The molecule has 13 nitrogen and oxygen atoms in total. The van der Waals surface area contributed by atoms with E-state index < -0.39 is 76.2 Å². The molecule has 0 aliphatic rings. The molecule has 2 N–H and O–H groups in total. The summed E-state index contributed by atoms with van der Waals surface area (Å²) in [7, 11) is -23.9. The normalized spacial score (nSPS) is 12.1. The molecule has 0 aromatic heterocycles. The van der Waals surface area contributed by atoms with Crippen molar-refractivity contribution in [3.63, 3.8) is 0 Å². The molecule has 0 heterocycles. The van der Waals surface area contributed by atoms with Gasteiger partial charge >= 0.3 is 118 Å². The van der Waals surface area contributed by atoms with Gasteiger partial charge in [-0.05, 0) is 22.2 Å². The molecule has 21 heteroatoms. The molecule has 37 heavy (non-hydrogen) atoms. The number of hydrogen-bond acceptors (Lipinski definition) is 12. The Bertz CT molecular complexity index is 1920. The Labute approximate surface area is 299 Å². The third-order valence-corrected chi connectivity index (χ3v) is 8.62. The van der Waals surface area contributed by atoms with Crippen LogP contribution in [0.2, 0.25) is 0 Å². The van der Waals surface area contributed by atoms with E-state index in [4.69, 9.17) is 0 Å². The van der Waals surface area contributed by atoms with E-state index in [1.165, 1.54) is 24.3 Å². The van der Waals surface area contributed by atoms with Crippen LogP contribution in [0.25, 0.3) is 32.3 Å². The predicted octanol–water partition coefficient (Wildman–Crippen LogP) is -12.6. The molecule has 0 fully saturated rings.